The molecule has 2 aromatic carbocycles. The molecule has 0 unspecified atom stereocenters. The molecule has 3 heterocycles. The van der Waals surface area contributed by atoms with Gasteiger partial charge in [-0.15, -0.1) is 0 Å². The minimum Gasteiger partial charge on any atom is -0.254 e. The van der Waals surface area contributed by atoms with E-state index in [0.717, 1.165) is 51.4 Å². The molecule has 3 nitrogen and oxygen atoms in total. The molecule has 1 aliphatic carbocycles. The van der Waals surface area contributed by atoms with Crippen molar-refractivity contribution < 1.29 is 0 Å². The normalized spacial score (nSPS) is 12.2. The Morgan fingerprint density at radius 1 is 0.786 bits per heavy atom. The van der Waals surface area contributed by atoms with Crippen molar-refractivity contribution in [3.63, 3.8) is 0 Å². The van der Waals surface area contributed by atoms with Gasteiger partial charge >= 0.3 is 0 Å². The van der Waals surface area contributed by atoms with Gasteiger partial charge < -0.3 is 0 Å². The molecule has 3 aromatic heterocycles. The summed E-state index contributed by atoms with van der Waals surface area (Å²) in [5.41, 5.74) is 16.8. The summed E-state index contributed by atoms with van der Waals surface area (Å²) >= 11 is 0. The molecule has 0 saturated heterocycles. The number of nitrogens with zero attached hydrogens (tertiary/aromatic N) is 3. The number of aromatic nitrogens is 3. The Bertz CT molecular complexity index is 1870. The molecule has 0 amide bonds. The molecule has 0 spiro atoms. The monoisotopic (exact) mass is 549 g/mol. The second kappa shape index (κ2) is 12.1. The van der Waals surface area contributed by atoms with Gasteiger partial charge in [0.15, 0.2) is 0 Å². The number of fused-ring (bicyclic) bond motifs is 4. The van der Waals surface area contributed by atoms with Crippen LogP contribution < -0.4 is 0 Å². The highest BCUT2D eigenvalue weighted by molar-refractivity contribution is 5.91. The van der Waals surface area contributed by atoms with E-state index in [1.54, 1.807) is 0 Å². The number of benzene rings is 2. The van der Waals surface area contributed by atoms with Crippen molar-refractivity contribution in [2.75, 3.05) is 0 Å². The lowest BCUT2D eigenvalue weighted by Crippen LogP contribution is -2.00. The fourth-order valence-corrected chi connectivity index (χ4v) is 5.82. The first-order valence-electron chi connectivity index (χ1n) is 14.8. The van der Waals surface area contributed by atoms with Crippen LogP contribution in [0.1, 0.15) is 59.7 Å². The molecule has 0 N–H and O–H groups in total. The van der Waals surface area contributed by atoms with Gasteiger partial charge in [-0.05, 0) is 98.2 Å². The van der Waals surface area contributed by atoms with Crippen molar-refractivity contribution in [3.8, 4) is 33.9 Å². The Hall–Kier alpha value is -4.63. The highest BCUT2D eigenvalue weighted by atomic mass is 14.8. The molecule has 3 heteroatoms. The first-order valence-corrected chi connectivity index (χ1v) is 14.8. The molecule has 5 aromatic rings. The maximum Gasteiger partial charge on any atom is 0.0971 e. The molecule has 0 atom stereocenters. The Morgan fingerprint density at radius 3 is 2.14 bits per heavy atom. The third-order valence-electron chi connectivity index (χ3n) is 8.10. The zero-order chi connectivity index (χ0) is 30.0. The number of aryl methyl sites for hydroxylation is 4. The Labute approximate surface area is 250 Å². The van der Waals surface area contributed by atoms with E-state index in [1.165, 1.54) is 44.3 Å². The predicted molar refractivity (Wildman–Crippen MR) is 181 cm³/mol. The molecular weight excluding hydrogens is 510 g/mol. The molecule has 0 saturated carbocycles. The zero-order valence-electron chi connectivity index (χ0n) is 25.8. The van der Waals surface area contributed by atoms with Gasteiger partial charge in [0, 0.05) is 28.3 Å². The number of rotatable bonds is 4. The average molecular weight is 550 g/mol. The summed E-state index contributed by atoms with van der Waals surface area (Å²) in [4.78, 5) is 15.1. The summed E-state index contributed by atoms with van der Waals surface area (Å²) in [6, 6.07) is 19.4. The molecule has 0 fully saturated rings. The minimum absolute atomic E-state index is 0.873. The van der Waals surface area contributed by atoms with Crippen LogP contribution in [-0.4, -0.2) is 15.0 Å². The summed E-state index contributed by atoms with van der Waals surface area (Å²) < 4.78 is 0. The van der Waals surface area contributed by atoms with E-state index in [1.807, 2.05) is 32.2 Å². The van der Waals surface area contributed by atoms with Crippen molar-refractivity contribution in [2.24, 2.45) is 0 Å². The maximum atomic E-state index is 5.16. The summed E-state index contributed by atoms with van der Waals surface area (Å²) in [5.74, 6) is 0. The number of pyridine rings is 3. The van der Waals surface area contributed by atoms with Crippen molar-refractivity contribution in [1.29, 1.82) is 0 Å². The number of allylic oxidation sites excluding steroid dienone is 4. The molecule has 0 aliphatic heterocycles. The van der Waals surface area contributed by atoms with Crippen LogP contribution in [0.15, 0.2) is 85.6 Å². The first kappa shape index (κ1) is 28.9. The van der Waals surface area contributed by atoms with Crippen LogP contribution >= 0.6 is 0 Å². The Morgan fingerprint density at radius 2 is 1.45 bits per heavy atom. The molecule has 6 rings (SSSR count). The molecule has 0 radical (unpaired) electrons. The second-order valence-electron chi connectivity index (χ2n) is 10.8. The van der Waals surface area contributed by atoms with Gasteiger partial charge in [0.1, 0.15) is 0 Å². The third kappa shape index (κ3) is 5.23. The molecule has 0 bridgehead atoms. The number of hydrogen-bond acceptors (Lipinski definition) is 3. The van der Waals surface area contributed by atoms with Gasteiger partial charge in [0.2, 0.25) is 0 Å². The standard InChI is InChI=1S/C37H33N3.C2H6/c1-7-9-22(2)29-16-17-32-25(5)21-33(39-35(32)26(29)6)27-12-14-28(15-13-27)34-20-24(4)31-11-8-10-30-23(3)18-19-38-36(30)37(31)40-34;1-2/h7-9,11-21H,1,10H2,2-6H3;1-2H3/b22-9-;. The molecule has 42 heavy (non-hydrogen) atoms. The van der Waals surface area contributed by atoms with E-state index < -0.39 is 0 Å². The summed E-state index contributed by atoms with van der Waals surface area (Å²) in [7, 11) is 0. The molecule has 1 aliphatic rings. The lowest BCUT2D eigenvalue weighted by atomic mass is 9.95. The third-order valence-corrected chi connectivity index (χ3v) is 8.10. The van der Waals surface area contributed by atoms with Crippen LogP contribution in [0.4, 0.5) is 0 Å². The van der Waals surface area contributed by atoms with Crippen molar-refractivity contribution >= 4 is 22.6 Å². The zero-order valence-corrected chi connectivity index (χ0v) is 25.8. The second-order valence-corrected chi connectivity index (χ2v) is 10.8. The van der Waals surface area contributed by atoms with Crippen LogP contribution in [0.5, 0.6) is 0 Å². The van der Waals surface area contributed by atoms with E-state index in [0.29, 0.717) is 0 Å². The summed E-state index contributed by atoms with van der Waals surface area (Å²) in [6.45, 7) is 18.6. The van der Waals surface area contributed by atoms with E-state index in [2.05, 4.69) is 108 Å². The van der Waals surface area contributed by atoms with Gasteiger partial charge in [0.25, 0.3) is 0 Å². The molecular formula is C39H39N3. The highest BCUT2D eigenvalue weighted by Crippen LogP contribution is 2.35. The van der Waals surface area contributed by atoms with E-state index in [4.69, 9.17) is 15.0 Å². The minimum atomic E-state index is 0.873. The lowest BCUT2D eigenvalue weighted by Gasteiger charge is -2.14. The lowest BCUT2D eigenvalue weighted by molar-refractivity contribution is 1.14. The van der Waals surface area contributed by atoms with Crippen molar-refractivity contribution in [2.45, 2.75) is 54.9 Å². The van der Waals surface area contributed by atoms with Crippen LogP contribution in [0.2, 0.25) is 0 Å². The smallest absolute Gasteiger partial charge is 0.0971 e. The van der Waals surface area contributed by atoms with Crippen LogP contribution in [0.25, 0.3) is 56.5 Å². The summed E-state index contributed by atoms with van der Waals surface area (Å²) in [5, 5.41) is 1.19. The fourth-order valence-electron chi connectivity index (χ4n) is 5.82. The van der Waals surface area contributed by atoms with E-state index in [-0.39, 0.29) is 0 Å². The quantitative estimate of drug-likeness (QED) is 0.209. The Kier molecular flexibility index (Phi) is 8.31. The van der Waals surface area contributed by atoms with E-state index >= 15 is 0 Å². The van der Waals surface area contributed by atoms with Gasteiger partial charge in [-0.3, -0.25) is 4.98 Å². The summed E-state index contributed by atoms with van der Waals surface area (Å²) in [6.07, 6.45) is 11.1. The van der Waals surface area contributed by atoms with Gasteiger partial charge in [0.05, 0.1) is 28.3 Å². The fraction of sp³-hybridized carbons (Fsp3) is 0.205. The topological polar surface area (TPSA) is 38.7 Å². The largest absolute Gasteiger partial charge is 0.254 e. The maximum absolute atomic E-state index is 5.16. The Balaban J connectivity index is 0.00000173. The van der Waals surface area contributed by atoms with Crippen molar-refractivity contribution in [3.05, 3.63) is 125 Å². The average Bonchev–Trinajstić information content (AvgIpc) is 3.19. The van der Waals surface area contributed by atoms with Crippen molar-refractivity contribution in [1.82, 2.24) is 15.0 Å². The van der Waals surface area contributed by atoms with E-state index in [9.17, 15) is 0 Å². The number of hydrogen-bond donors (Lipinski definition) is 0. The van der Waals surface area contributed by atoms with Crippen LogP contribution in [0, 0.1) is 27.7 Å². The van der Waals surface area contributed by atoms with Gasteiger partial charge in [-0.2, -0.15) is 0 Å². The first-order chi connectivity index (χ1) is 20.4. The van der Waals surface area contributed by atoms with Crippen LogP contribution in [0.3, 0.4) is 0 Å². The predicted octanol–water partition coefficient (Wildman–Crippen LogP) is 10.4. The highest BCUT2D eigenvalue weighted by Gasteiger charge is 2.19. The SMILES string of the molecule is C=C/C=C(/C)c1ccc2c(C)cc(-c3ccc(-c4cc(C)c5c(n4)-c4nccc(C)c4CC=C5)cc3)nc2c1C.CC. The molecule has 210 valence electrons. The van der Waals surface area contributed by atoms with Gasteiger partial charge in [-0.25, -0.2) is 9.97 Å². The van der Waals surface area contributed by atoms with Gasteiger partial charge in [-0.1, -0.05) is 81.1 Å². The van der Waals surface area contributed by atoms with Crippen LogP contribution in [-0.2, 0) is 6.42 Å².